The summed E-state index contributed by atoms with van der Waals surface area (Å²) in [6.07, 6.45) is 2.57. The van der Waals surface area contributed by atoms with E-state index in [2.05, 4.69) is 10.5 Å². The maximum atomic E-state index is 11.6. The smallest absolute Gasteiger partial charge is 0.239 e. The van der Waals surface area contributed by atoms with Crippen LogP contribution in [-0.4, -0.2) is 48.0 Å². The number of carbonyl (C=O) groups is 1. The highest BCUT2D eigenvalue weighted by atomic mass is 16.4. The molecule has 0 aromatic rings. The number of amidine groups is 1. The van der Waals surface area contributed by atoms with Crippen molar-refractivity contribution in [3.8, 4) is 0 Å². The molecule has 4 N–H and O–H groups in total. The van der Waals surface area contributed by atoms with Gasteiger partial charge in [-0.3, -0.25) is 4.79 Å². The van der Waals surface area contributed by atoms with Crippen LogP contribution in [-0.2, 0) is 4.79 Å². The SMILES string of the molecule is CN1CCC(NCCCC(C)(C)C(N)=NO)C1=O. The maximum absolute atomic E-state index is 11.6. The van der Waals surface area contributed by atoms with Crippen molar-refractivity contribution in [1.82, 2.24) is 10.2 Å². The quantitative estimate of drug-likeness (QED) is 0.210. The van der Waals surface area contributed by atoms with Gasteiger partial charge < -0.3 is 21.2 Å². The number of rotatable bonds is 6. The summed E-state index contributed by atoms with van der Waals surface area (Å²) >= 11 is 0. The second-order valence-corrected chi connectivity index (χ2v) is 5.53. The molecule has 1 fully saturated rings. The van der Waals surface area contributed by atoms with Gasteiger partial charge in [-0.05, 0) is 25.8 Å². The van der Waals surface area contributed by atoms with Crippen molar-refractivity contribution in [3.63, 3.8) is 0 Å². The van der Waals surface area contributed by atoms with Crippen LogP contribution in [0.25, 0.3) is 0 Å². The number of likely N-dealkylation sites (N-methyl/N-ethyl adjacent to an activating group) is 1. The number of nitrogens with zero attached hydrogens (tertiary/aromatic N) is 2. The van der Waals surface area contributed by atoms with Crippen LogP contribution in [0.4, 0.5) is 0 Å². The molecule has 0 aromatic heterocycles. The Kier molecular flexibility index (Phi) is 4.95. The van der Waals surface area contributed by atoms with Gasteiger partial charge >= 0.3 is 0 Å². The third-order valence-electron chi connectivity index (χ3n) is 3.60. The molecule has 1 aliphatic heterocycles. The molecule has 1 atom stereocenters. The molecule has 0 aliphatic carbocycles. The van der Waals surface area contributed by atoms with Crippen LogP contribution in [0.2, 0.25) is 0 Å². The van der Waals surface area contributed by atoms with Gasteiger partial charge in [-0.1, -0.05) is 19.0 Å². The van der Waals surface area contributed by atoms with Crippen LogP contribution < -0.4 is 11.1 Å². The van der Waals surface area contributed by atoms with Crippen molar-refractivity contribution in [3.05, 3.63) is 0 Å². The number of likely N-dealkylation sites (tertiary alicyclic amines) is 1. The zero-order chi connectivity index (χ0) is 13.8. The lowest BCUT2D eigenvalue weighted by Gasteiger charge is -2.23. The molecule has 1 saturated heterocycles. The third kappa shape index (κ3) is 3.60. The van der Waals surface area contributed by atoms with Crippen molar-refractivity contribution in [2.45, 2.75) is 39.2 Å². The van der Waals surface area contributed by atoms with Crippen molar-refractivity contribution in [2.24, 2.45) is 16.3 Å². The fourth-order valence-corrected chi connectivity index (χ4v) is 2.08. The topological polar surface area (TPSA) is 90.9 Å². The average molecular weight is 256 g/mol. The van der Waals surface area contributed by atoms with E-state index in [0.717, 1.165) is 32.4 Å². The van der Waals surface area contributed by atoms with Crippen LogP contribution in [0.3, 0.4) is 0 Å². The average Bonchev–Trinajstić information content (AvgIpc) is 2.65. The first kappa shape index (κ1) is 14.8. The lowest BCUT2D eigenvalue weighted by molar-refractivity contribution is -0.128. The van der Waals surface area contributed by atoms with Crippen LogP contribution in [0.1, 0.15) is 33.1 Å². The standard InChI is InChI=1S/C12H24N4O2/c1-12(2,11(13)15-18)6-4-7-14-9-5-8-16(3)10(9)17/h9,14,18H,4-8H2,1-3H3,(H2,13,15). The molecule has 1 rings (SSSR count). The molecule has 0 bridgehead atoms. The van der Waals surface area contributed by atoms with E-state index in [0.29, 0.717) is 0 Å². The van der Waals surface area contributed by atoms with E-state index in [1.807, 2.05) is 20.9 Å². The fraction of sp³-hybridized carbons (Fsp3) is 0.833. The Labute approximate surface area is 108 Å². The Bertz CT molecular complexity index is 328. The number of oxime groups is 1. The molecule has 6 heteroatoms. The van der Waals surface area contributed by atoms with Crippen molar-refractivity contribution in [2.75, 3.05) is 20.1 Å². The second kappa shape index (κ2) is 6.04. The molecule has 0 aromatic carbocycles. The fourth-order valence-electron chi connectivity index (χ4n) is 2.08. The summed E-state index contributed by atoms with van der Waals surface area (Å²) < 4.78 is 0. The van der Waals surface area contributed by atoms with Gasteiger partial charge in [0.25, 0.3) is 0 Å². The lowest BCUT2D eigenvalue weighted by Crippen LogP contribution is -2.38. The molecular weight excluding hydrogens is 232 g/mol. The highest BCUT2D eigenvalue weighted by Crippen LogP contribution is 2.22. The second-order valence-electron chi connectivity index (χ2n) is 5.53. The number of nitrogens with one attached hydrogen (secondary N) is 1. The minimum absolute atomic E-state index is 0.0398. The molecule has 18 heavy (non-hydrogen) atoms. The first-order valence-corrected chi connectivity index (χ1v) is 6.35. The van der Waals surface area contributed by atoms with Crippen molar-refractivity contribution >= 4 is 11.7 Å². The summed E-state index contributed by atoms with van der Waals surface area (Å²) in [6.45, 7) is 5.48. The Hall–Kier alpha value is -1.30. The Balaban J connectivity index is 2.25. The van der Waals surface area contributed by atoms with E-state index < -0.39 is 0 Å². The van der Waals surface area contributed by atoms with Gasteiger partial charge in [-0.25, -0.2) is 0 Å². The number of carbonyl (C=O) groups excluding carboxylic acids is 1. The van der Waals surface area contributed by atoms with E-state index in [9.17, 15) is 4.79 Å². The largest absolute Gasteiger partial charge is 0.409 e. The first-order chi connectivity index (χ1) is 8.38. The minimum Gasteiger partial charge on any atom is -0.409 e. The van der Waals surface area contributed by atoms with Gasteiger partial charge in [0, 0.05) is 19.0 Å². The van der Waals surface area contributed by atoms with Gasteiger partial charge in [0.1, 0.15) is 5.84 Å². The molecule has 104 valence electrons. The third-order valence-corrected chi connectivity index (χ3v) is 3.60. The Morgan fingerprint density at radius 1 is 1.67 bits per heavy atom. The highest BCUT2D eigenvalue weighted by Gasteiger charge is 2.28. The van der Waals surface area contributed by atoms with Crippen LogP contribution in [0.5, 0.6) is 0 Å². The normalized spacial score (nSPS) is 21.7. The minimum atomic E-state index is -0.313. The predicted octanol–water partition coefficient (Wildman–Crippen LogP) is 0.360. The molecule has 0 radical (unpaired) electrons. The molecule has 0 saturated carbocycles. The van der Waals surface area contributed by atoms with Crippen molar-refractivity contribution < 1.29 is 10.0 Å². The van der Waals surface area contributed by atoms with Gasteiger partial charge in [0.15, 0.2) is 0 Å². The molecule has 1 aliphatic rings. The summed E-state index contributed by atoms with van der Waals surface area (Å²) in [6, 6.07) is -0.0398. The zero-order valence-corrected chi connectivity index (χ0v) is 11.4. The molecular formula is C12H24N4O2. The highest BCUT2D eigenvalue weighted by molar-refractivity contribution is 5.85. The summed E-state index contributed by atoms with van der Waals surface area (Å²) in [7, 11) is 1.82. The molecule has 1 unspecified atom stereocenters. The summed E-state index contributed by atoms with van der Waals surface area (Å²) in [5.41, 5.74) is 5.30. The number of amides is 1. The van der Waals surface area contributed by atoms with Gasteiger partial charge in [0.05, 0.1) is 6.04 Å². The van der Waals surface area contributed by atoms with E-state index in [4.69, 9.17) is 10.9 Å². The van der Waals surface area contributed by atoms with E-state index in [-0.39, 0.29) is 23.2 Å². The predicted molar refractivity (Wildman–Crippen MR) is 70.5 cm³/mol. The van der Waals surface area contributed by atoms with Gasteiger partial charge in [0.2, 0.25) is 5.91 Å². The van der Waals surface area contributed by atoms with E-state index in [1.54, 1.807) is 4.90 Å². The number of nitrogens with two attached hydrogens (primary N) is 1. The van der Waals surface area contributed by atoms with Gasteiger partial charge in [-0.2, -0.15) is 0 Å². The Morgan fingerprint density at radius 3 is 2.83 bits per heavy atom. The summed E-state index contributed by atoms with van der Waals surface area (Å²) in [5.74, 6) is 0.421. The number of hydrogen-bond acceptors (Lipinski definition) is 4. The van der Waals surface area contributed by atoms with Crippen LogP contribution in [0, 0.1) is 5.41 Å². The Morgan fingerprint density at radius 2 is 2.33 bits per heavy atom. The molecule has 1 heterocycles. The molecule has 1 amide bonds. The van der Waals surface area contributed by atoms with Crippen LogP contribution in [0.15, 0.2) is 5.16 Å². The first-order valence-electron chi connectivity index (χ1n) is 6.35. The molecule has 6 nitrogen and oxygen atoms in total. The van der Waals surface area contributed by atoms with Crippen molar-refractivity contribution in [1.29, 1.82) is 0 Å². The van der Waals surface area contributed by atoms with E-state index in [1.165, 1.54) is 0 Å². The summed E-state index contributed by atoms with van der Waals surface area (Å²) in [4.78, 5) is 13.4. The van der Waals surface area contributed by atoms with Crippen LogP contribution >= 0.6 is 0 Å². The van der Waals surface area contributed by atoms with E-state index >= 15 is 0 Å². The maximum Gasteiger partial charge on any atom is 0.239 e. The number of hydrogen-bond donors (Lipinski definition) is 3. The monoisotopic (exact) mass is 256 g/mol. The summed E-state index contributed by atoms with van der Waals surface area (Å²) in [5, 5.41) is 15.0. The zero-order valence-electron chi connectivity index (χ0n) is 11.4. The molecule has 0 spiro atoms. The lowest BCUT2D eigenvalue weighted by atomic mass is 9.86. The van der Waals surface area contributed by atoms with Gasteiger partial charge in [-0.15, -0.1) is 0 Å².